The number of carbonyl (C=O) groups excluding carboxylic acids is 2. The lowest BCUT2D eigenvalue weighted by Crippen LogP contribution is -2.36. The first-order valence-corrected chi connectivity index (χ1v) is 12.0. The fraction of sp³-hybridized carbons (Fsp3) is 0.207. The highest BCUT2D eigenvalue weighted by atomic mass is 35.5. The lowest BCUT2D eigenvalue weighted by molar-refractivity contribution is -0.140. The van der Waals surface area contributed by atoms with Crippen molar-refractivity contribution in [2.75, 3.05) is 0 Å². The van der Waals surface area contributed by atoms with E-state index in [4.69, 9.17) is 16.3 Å². The molecular weight excluding hydrogens is 460 g/mol. The number of benzene rings is 2. The molecule has 2 atom stereocenters. The topological polar surface area (TPSA) is 68.3 Å². The van der Waals surface area contributed by atoms with Crippen molar-refractivity contribution in [3.8, 4) is 0 Å². The summed E-state index contributed by atoms with van der Waals surface area (Å²) in [6, 6.07) is 20.9. The van der Waals surface area contributed by atoms with E-state index in [1.807, 2.05) is 73.7 Å². The largest absolute Gasteiger partial charge is 0.457 e. The van der Waals surface area contributed by atoms with Crippen molar-refractivity contribution in [1.82, 2.24) is 10.3 Å². The van der Waals surface area contributed by atoms with E-state index in [1.54, 1.807) is 12.4 Å². The number of esters is 1. The quantitative estimate of drug-likeness (QED) is 0.461. The van der Waals surface area contributed by atoms with E-state index in [0.717, 1.165) is 22.4 Å². The van der Waals surface area contributed by atoms with Crippen molar-refractivity contribution >= 4 is 23.4 Å². The van der Waals surface area contributed by atoms with Gasteiger partial charge in [0.05, 0.1) is 5.57 Å². The van der Waals surface area contributed by atoms with Gasteiger partial charge in [0.1, 0.15) is 6.61 Å². The van der Waals surface area contributed by atoms with Crippen LogP contribution in [0.4, 0.5) is 0 Å². The number of nitrogens with one attached hydrogen (secondary N) is 1. The number of ether oxygens (including phenoxy) is 1. The Hall–Kier alpha value is -3.70. The normalized spacial score (nSPS) is 19.8. The van der Waals surface area contributed by atoms with Crippen molar-refractivity contribution in [2.45, 2.75) is 38.2 Å². The summed E-state index contributed by atoms with van der Waals surface area (Å²) >= 11 is 6.06. The molecule has 1 N–H and O–H groups in total. The zero-order valence-electron chi connectivity index (χ0n) is 19.3. The zero-order chi connectivity index (χ0) is 24.4. The van der Waals surface area contributed by atoms with Gasteiger partial charge < -0.3 is 10.1 Å². The highest BCUT2D eigenvalue weighted by Gasteiger charge is 2.41. The Kier molecular flexibility index (Phi) is 6.51. The molecule has 1 aromatic heterocycles. The van der Waals surface area contributed by atoms with Gasteiger partial charge >= 0.3 is 5.97 Å². The number of Topliss-reactive ketones (excluding diaryl/α,β-unsaturated/α-hetero) is 1. The summed E-state index contributed by atoms with van der Waals surface area (Å²) < 4.78 is 5.71. The number of ketones is 1. The molecule has 3 aromatic rings. The summed E-state index contributed by atoms with van der Waals surface area (Å²) in [5.41, 5.74) is 5.49. The Morgan fingerprint density at radius 1 is 1.00 bits per heavy atom. The van der Waals surface area contributed by atoms with Crippen LogP contribution in [-0.2, 0) is 20.9 Å². The molecule has 2 aromatic carbocycles. The highest BCUT2D eigenvalue weighted by Crippen LogP contribution is 2.45. The van der Waals surface area contributed by atoms with Crippen molar-refractivity contribution in [2.24, 2.45) is 0 Å². The molecule has 6 heteroatoms. The fourth-order valence-electron chi connectivity index (χ4n) is 4.97. The minimum absolute atomic E-state index is 0.0290. The van der Waals surface area contributed by atoms with Crippen LogP contribution in [0.25, 0.3) is 0 Å². The van der Waals surface area contributed by atoms with Crippen LogP contribution >= 0.6 is 11.6 Å². The number of dihydropyridines is 1. The second-order valence-electron chi connectivity index (χ2n) is 8.91. The second kappa shape index (κ2) is 9.88. The third-order valence-corrected chi connectivity index (χ3v) is 6.89. The lowest BCUT2D eigenvalue weighted by Gasteiger charge is -2.36. The maximum absolute atomic E-state index is 13.6. The molecule has 1 aliphatic carbocycles. The van der Waals surface area contributed by atoms with Gasteiger partial charge in [-0.1, -0.05) is 54.1 Å². The van der Waals surface area contributed by atoms with Crippen LogP contribution in [-0.4, -0.2) is 16.7 Å². The van der Waals surface area contributed by atoms with Gasteiger partial charge in [0.15, 0.2) is 5.78 Å². The van der Waals surface area contributed by atoms with E-state index >= 15 is 0 Å². The number of pyridine rings is 1. The van der Waals surface area contributed by atoms with Gasteiger partial charge in [0, 0.05) is 46.7 Å². The minimum Gasteiger partial charge on any atom is -0.457 e. The van der Waals surface area contributed by atoms with Crippen LogP contribution in [0.3, 0.4) is 0 Å². The minimum atomic E-state index is -0.504. The number of hydrogen-bond acceptors (Lipinski definition) is 5. The van der Waals surface area contributed by atoms with E-state index < -0.39 is 11.9 Å². The monoisotopic (exact) mass is 484 g/mol. The molecular formula is C29H25ClN2O3. The number of aromatic nitrogens is 1. The molecule has 5 rings (SSSR count). The Labute approximate surface area is 209 Å². The molecule has 35 heavy (non-hydrogen) atoms. The average Bonchev–Trinajstić information content (AvgIpc) is 2.88. The third kappa shape index (κ3) is 4.77. The van der Waals surface area contributed by atoms with Gasteiger partial charge in [-0.05, 0) is 60.2 Å². The van der Waals surface area contributed by atoms with Gasteiger partial charge in [-0.2, -0.15) is 0 Å². The summed E-state index contributed by atoms with van der Waals surface area (Å²) in [5, 5.41) is 4.05. The lowest BCUT2D eigenvalue weighted by atomic mass is 9.72. The summed E-state index contributed by atoms with van der Waals surface area (Å²) in [7, 11) is 0. The molecule has 176 valence electrons. The van der Waals surface area contributed by atoms with Crippen molar-refractivity contribution < 1.29 is 14.3 Å². The second-order valence-corrected chi connectivity index (χ2v) is 9.35. The summed E-state index contributed by atoms with van der Waals surface area (Å²) in [6.45, 7) is 2.03. The van der Waals surface area contributed by atoms with Gasteiger partial charge in [-0.15, -0.1) is 0 Å². The van der Waals surface area contributed by atoms with E-state index in [0.29, 0.717) is 34.7 Å². The van der Waals surface area contributed by atoms with Gasteiger partial charge in [0.25, 0.3) is 0 Å². The number of allylic oxidation sites excluding steroid dienone is 3. The van der Waals surface area contributed by atoms with Gasteiger partial charge in [-0.25, -0.2) is 4.79 Å². The molecule has 2 aliphatic rings. The Bertz CT molecular complexity index is 1320. The molecule has 0 radical (unpaired) electrons. The first-order valence-electron chi connectivity index (χ1n) is 11.6. The molecule has 0 amide bonds. The number of nitrogens with zero attached hydrogens (tertiary/aromatic N) is 1. The molecule has 0 saturated heterocycles. The van der Waals surface area contributed by atoms with Gasteiger partial charge in [-0.3, -0.25) is 9.78 Å². The van der Waals surface area contributed by atoms with Crippen LogP contribution in [0.2, 0.25) is 5.02 Å². The number of halogens is 1. The van der Waals surface area contributed by atoms with Crippen molar-refractivity contribution in [3.05, 3.63) is 123 Å². The number of carbonyl (C=O) groups is 2. The molecule has 5 nitrogen and oxygen atoms in total. The standard InChI is InChI=1S/C29H25ClN2O3/c1-18-26(29(34)35-17-19-5-3-2-4-6-19)27(21-11-13-31-14-12-21)28-24(32-18)15-22(16-25(28)33)20-7-9-23(30)10-8-20/h2-14,22,27,32H,15-17H2,1H3/t22-,27-/m1/s1. The van der Waals surface area contributed by atoms with Gasteiger partial charge in [0.2, 0.25) is 0 Å². The third-order valence-electron chi connectivity index (χ3n) is 6.64. The van der Waals surface area contributed by atoms with Crippen molar-refractivity contribution in [1.29, 1.82) is 0 Å². The van der Waals surface area contributed by atoms with Crippen LogP contribution in [0.15, 0.2) is 102 Å². The van der Waals surface area contributed by atoms with Crippen LogP contribution in [0.1, 0.15) is 48.3 Å². The molecule has 2 heterocycles. The van der Waals surface area contributed by atoms with Crippen LogP contribution < -0.4 is 5.32 Å². The predicted molar refractivity (Wildman–Crippen MR) is 135 cm³/mol. The maximum Gasteiger partial charge on any atom is 0.337 e. The Morgan fingerprint density at radius 3 is 2.43 bits per heavy atom. The van der Waals surface area contributed by atoms with Crippen molar-refractivity contribution in [3.63, 3.8) is 0 Å². The van der Waals surface area contributed by atoms with E-state index in [2.05, 4.69) is 10.3 Å². The summed E-state index contributed by atoms with van der Waals surface area (Å²) in [4.78, 5) is 31.1. The molecule has 1 aliphatic heterocycles. The van der Waals surface area contributed by atoms with E-state index in [9.17, 15) is 9.59 Å². The van der Waals surface area contributed by atoms with Crippen LogP contribution in [0, 0.1) is 0 Å². The SMILES string of the molecule is CC1=C(C(=O)OCc2ccccc2)[C@@H](c2ccncc2)C2=C(C[C@@H](c3ccc(Cl)cc3)CC2=O)N1. The smallest absolute Gasteiger partial charge is 0.337 e. The Balaban J connectivity index is 1.49. The molecule has 0 bridgehead atoms. The van der Waals surface area contributed by atoms with E-state index in [1.165, 1.54) is 0 Å². The first-order chi connectivity index (χ1) is 17.0. The number of rotatable bonds is 5. The number of hydrogen-bond donors (Lipinski definition) is 1. The predicted octanol–water partition coefficient (Wildman–Crippen LogP) is 5.84. The molecule has 0 unspecified atom stereocenters. The molecule has 0 spiro atoms. The first kappa shape index (κ1) is 23.1. The summed E-state index contributed by atoms with van der Waals surface area (Å²) in [6.07, 6.45) is 4.41. The maximum atomic E-state index is 13.6. The fourth-order valence-corrected chi connectivity index (χ4v) is 5.10. The van der Waals surface area contributed by atoms with E-state index in [-0.39, 0.29) is 18.3 Å². The summed E-state index contributed by atoms with van der Waals surface area (Å²) in [5.74, 6) is -0.860. The Morgan fingerprint density at radius 2 is 1.71 bits per heavy atom. The van der Waals surface area contributed by atoms with Crippen LogP contribution in [0.5, 0.6) is 0 Å². The molecule has 0 fully saturated rings. The highest BCUT2D eigenvalue weighted by molar-refractivity contribution is 6.30. The molecule has 0 saturated carbocycles. The zero-order valence-corrected chi connectivity index (χ0v) is 20.1. The average molecular weight is 485 g/mol.